The van der Waals surface area contributed by atoms with Crippen molar-refractivity contribution in [1.82, 2.24) is 20.0 Å². The summed E-state index contributed by atoms with van der Waals surface area (Å²) in [6.45, 7) is 0.933. The summed E-state index contributed by atoms with van der Waals surface area (Å²) in [7, 11) is 0. The number of benzene rings is 1. The number of aromatic nitrogens is 2. The highest BCUT2D eigenvalue weighted by Crippen LogP contribution is 2.32. The molecule has 1 aromatic heterocycles. The molecule has 4 amide bonds. The molecule has 3 heterocycles. The first kappa shape index (κ1) is 18.5. The zero-order chi connectivity index (χ0) is 20.8. The zero-order valence-electron chi connectivity index (χ0n) is 16.3. The number of anilines is 1. The number of carbonyl (C=O) groups is 4. The third-order valence-electron chi connectivity index (χ3n) is 5.91. The Morgan fingerprint density at radius 2 is 2.00 bits per heavy atom. The summed E-state index contributed by atoms with van der Waals surface area (Å²) in [6, 6.07) is 6.05. The minimum atomic E-state index is -0.710. The van der Waals surface area contributed by atoms with E-state index in [9.17, 15) is 19.2 Å². The number of fused-ring (bicyclic) bond motifs is 1. The van der Waals surface area contributed by atoms with Crippen LogP contribution in [0.2, 0.25) is 0 Å². The van der Waals surface area contributed by atoms with Gasteiger partial charge in [-0.1, -0.05) is 6.07 Å². The van der Waals surface area contributed by atoms with Crippen molar-refractivity contribution in [3.05, 3.63) is 47.2 Å². The zero-order valence-corrected chi connectivity index (χ0v) is 16.3. The molecule has 0 radical (unpaired) electrons. The van der Waals surface area contributed by atoms with Gasteiger partial charge >= 0.3 is 0 Å². The molecular formula is C21H21N5O4. The molecule has 1 saturated heterocycles. The normalized spacial score (nSPS) is 20.9. The third-order valence-corrected chi connectivity index (χ3v) is 5.91. The van der Waals surface area contributed by atoms with Crippen LogP contribution in [0.15, 0.2) is 30.5 Å². The molecule has 3 aliphatic rings. The van der Waals surface area contributed by atoms with E-state index in [2.05, 4.69) is 15.7 Å². The molecule has 1 aliphatic carbocycles. The Morgan fingerprint density at radius 1 is 1.17 bits per heavy atom. The van der Waals surface area contributed by atoms with Crippen LogP contribution >= 0.6 is 0 Å². The average Bonchev–Trinajstić information content (AvgIpc) is 3.34. The maximum Gasteiger partial charge on any atom is 0.257 e. The molecule has 1 unspecified atom stereocenters. The van der Waals surface area contributed by atoms with Gasteiger partial charge in [0.05, 0.1) is 6.20 Å². The topological polar surface area (TPSA) is 113 Å². The van der Waals surface area contributed by atoms with E-state index < -0.39 is 11.9 Å². The Morgan fingerprint density at radius 3 is 2.77 bits per heavy atom. The molecule has 5 rings (SSSR count). The van der Waals surface area contributed by atoms with Crippen LogP contribution in [0.3, 0.4) is 0 Å². The standard InChI is InChI=1S/C21H21N5O4/c27-18-7-6-16(20(29)24-18)25-11-15-13(2-1-3-14(15)21(25)30)19(28)23-17-8-9-22-26(17)10-12-4-5-12/h1-3,8-9,12,16H,4-7,10-11H2,(H,23,28)(H,24,27,29). The maximum absolute atomic E-state index is 13.0. The molecule has 2 N–H and O–H groups in total. The Hall–Kier alpha value is -3.49. The van der Waals surface area contributed by atoms with Gasteiger partial charge in [-0.15, -0.1) is 0 Å². The SMILES string of the molecule is O=C1CCC(N2Cc3c(C(=O)Nc4ccnn4CC4CC4)cccc3C2=O)C(=O)N1. The molecule has 1 saturated carbocycles. The van der Waals surface area contributed by atoms with Gasteiger partial charge in [0, 0.05) is 36.7 Å². The van der Waals surface area contributed by atoms with Crippen molar-refractivity contribution in [3.63, 3.8) is 0 Å². The van der Waals surface area contributed by atoms with Gasteiger partial charge in [-0.05, 0) is 42.9 Å². The molecule has 30 heavy (non-hydrogen) atoms. The van der Waals surface area contributed by atoms with E-state index in [0.29, 0.717) is 28.4 Å². The van der Waals surface area contributed by atoms with Crippen LogP contribution in [0.1, 0.15) is 52.0 Å². The summed E-state index contributed by atoms with van der Waals surface area (Å²) < 4.78 is 1.79. The van der Waals surface area contributed by atoms with Gasteiger partial charge in [0.1, 0.15) is 11.9 Å². The summed E-state index contributed by atoms with van der Waals surface area (Å²) in [6.07, 6.45) is 4.48. The Labute approximate surface area is 172 Å². The predicted molar refractivity (Wildman–Crippen MR) is 105 cm³/mol. The number of piperidine rings is 1. The lowest BCUT2D eigenvalue weighted by molar-refractivity contribution is -0.136. The van der Waals surface area contributed by atoms with Gasteiger partial charge in [-0.2, -0.15) is 5.10 Å². The van der Waals surface area contributed by atoms with Crippen molar-refractivity contribution in [1.29, 1.82) is 0 Å². The summed E-state index contributed by atoms with van der Waals surface area (Å²) in [5.41, 5.74) is 1.41. The number of hydrogen-bond acceptors (Lipinski definition) is 5. The second-order valence-electron chi connectivity index (χ2n) is 8.03. The van der Waals surface area contributed by atoms with E-state index >= 15 is 0 Å². The van der Waals surface area contributed by atoms with Crippen molar-refractivity contribution in [3.8, 4) is 0 Å². The number of amides is 4. The van der Waals surface area contributed by atoms with Gasteiger partial charge in [0.2, 0.25) is 11.8 Å². The highest BCUT2D eigenvalue weighted by molar-refractivity contribution is 6.10. The first-order chi connectivity index (χ1) is 14.5. The molecular weight excluding hydrogens is 386 g/mol. The third kappa shape index (κ3) is 3.26. The Kier molecular flexibility index (Phi) is 4.38. The summed E-state index contributed by atoms with van der Waals surface area (Å²) in [5.74, 6) is -0.182. The lowest BCUT2D eigenvalue weighted by Gasteiger charge is -2.29. The fraction of sp³-hybridized carbons (Fsp3) is 0.381. The quantitative estimate of drug-likeness (QED) is 0.726. The summed E-state index contributed by atoms with van der Waals surface area (Å²) in [4.78, 5) is 51.0. The van der Waals surface area contributed by atoms with E-state index in [1.54, 1.807) is 35.1 Å². The molecule has 0 bridgehead atoms. The predicted octanol–water partition coefficient (Wildman–Crippen LogP) is 1.31. The highest BCUT2D eigenvalue weighted by Gasteiger charge is 2.40. The van der Waals surface area contributed by atoms with Gasteiger partial charge in [0.15, 0.2) is 0 Å². The number of imide groups is 1. The van der Waals surface area contributed by atoms with E-state index in [1.807, 2.05) is 0 Å². The fourth-order valence-electron chi connectivity index (χ4n) is 4.11. The van der Waals surface area contributed by atoms with Crippen molar-refractivity contribution in [2.24, 2.45) is 5.92 Å². The average molecular weight is 407 g/mol. The summed E-state index contributed by atoms with van der Waals surface area (Å²) in [5, 5.41) is 9.47. The van der Waals surface area contributed by atoms with Gasteiger partial charge in [0.25, 0.3) is 11.8 Å². The second-order valence-corrected chi connectivity index (χ2v) is 8.03. The monoisotopic (exact) mass is 407 g/mol. The van der Waals surface area contributed by atoms with Crippen molar-refractivity contribution in [2.75, 3.05) is 5.32 Å². The minimum Gasteiger partial charge on any atom is -0.322 e. The van der Waals surface area contributed by atoms with Crippen LogP contribution in [-0.2, 0) is 22.7 Å². The smallest absolute Gasteiger partial charge is 0.257 e. The van der Waals surface area contributed by atoms with E-state index in [0.717, 1.165) is 6.54 Å². The molecule has 2 fully saturated rings. The van der Waals surface area contributed by atoms with E-state index in [4.69, 9.17) is 0 Å². The maximum atomic E-state index is 13.0. The highest BCUT2D eigenvalue weighted by atomic mass is 16.2. The molecule has 1 aromatic carbocycles. The fourth-order valence-corrected chi connectivity index (χ4v) is 4.11. The van der Waals surface area contributed by atoms with Crippen molar-refractivity contribution in [2.45, 2.75) is 44.8 Å². The largest absolute Gasteiger partial charge is 0.322 e. The first-order valence-corrected chi connectivity index (χ1v) is 10.1. The molecule has 154 valence electrons. The van der Waals surface area contributed by atoms with Crippen LogP contribution in [0, 0.1) is 5.92 Å². The number of nitrogens with zero attached hydrogens (tertiary/aromatic N) is 3. The van der Waals surface area contributed by atoms with Crippen molar-refractivity contribution >= 4 is 29.4 Å². The number of hydrogen-bond donors (Lipinski definition) is 2. The van der Waals surface area contributed by atoms with Crippen molar-refractivity contribution < 1.29 is 19.2 Å². The van der Waals surface area contributed by atoms with Gasteiger partial charge in [-0.25, -0.2) is 4.68 Å². The molecule has 0 spiro atoms. The molecule has 9 heteroatoms. The lowest BCUT2D eigenvalue weighted by atomic mass is 10.0. The van der Waals surface area contributed by atoms with Gasteiger partial charge in [-0.3, -0.25) is 24.5 Å². The van der Waals surface area contributed by atoms with Crippen LogP contribution in [0.5, 0.6) is 0 Å². The molecule has 2 aromatic rings. The minimum absolute atomic E-state index is 0.158. The van der Waals surface area contributed by atoms with Crippen LogP contribution < -0.4 is 10.6 Å². The van der Waals surface area contributed by atoms with E-state index in [1.165, 1.54) is 17.7 Å². The number of carbonyl (C=O) groups excluding carboxylic acids is 4. The molecule has 2 aliphatic heterocycles. The second kappa shape index (κ2) is 7.08. The molecule has 1 atom stereocenters. The van der Waals surface area contributed by atoms with Gasteiger partial charge < -0.3 is 10.2 Å². The number of nitrogens with one attached hydrogen (secondary N) is 2. The van der Waals surface area contributed by atoms with Crippen LogP contribution in [-0.4, -0.2) is 44.4 Å². The lowest BCUT2D eigenvalue weighted by Crippen LogP contribution is -2.52. The molecule has 9 nitrogen and oxygen atoms in total. The van der Waals surface area contributed by atoms with Crippen LogP contribution in [0.25, 0.3) is 0 Å². The number of rotatable bonds is 5. The Bertz CT molecular complexity index is 1070. The summed E-state index contributed by atoms with van der Waals surface area (Å²) >= 11 is 0. The van der Waals surface area contributed by atoms with E-state index in [-0.39, 0.29) is 37.1 Å². The van der Waals surface area contributed by atoms with Crippen LogP contribution in [0.4, 0.5) is 5.82 Å². The first-order valence-electron chi connectivity index (χ1n) is 10.1. The Balaban J connectivity index is 1.37.